The molecule has 20 heavy (non-hydrogen) atoms. The first-order valence-electron chi connectivity index (χ1n) is 6.30. The largest absolute Gasteiger partial charge is 0.397 e. The number of hydrogen-bond acceptors (Lipinski definition) is 4. The van der Waals surface area contributed by atoms with Crippen LogP contribution in [0.1, 0.15) is 11.1 Å². The molecule has 0 radical (unpaired) electrons. The summed E-state index contributed by atoms with van der Waals surface area (Å²) in [6.07, 6.45) is 1.67. The quantitative estimate of drug-likeness (QED) is 0.829. The Morgan fingerprint density at radius 3 is 2.75 bits per heavy atom. The first-order chi connectivity index (χ1) is 9.65. The van der Waals surface area contributed by atoms with E-state index in [1.807, 2.05) is 31.2 Å². The SMILES string of the molecule is Cc1ccc(CNC(=O)CSc2ncccc2N)cc1. The van der Waals surface area contributed by atoms with Gasteiger partial charge in [-0.15, -0.1) is 0 Å². The zero-order chi connectivity index (χ0) is 14.4. The highest BCUT2D eigenvalue weighted by atomic mass is 32.2. The molecule has 0 fully saturated rings. The molecular formula is C15H17N3OS. The highest BCUT2D eigenvalue weighted by molar-refractivity contribution is 8.00. The summed E-state index contributed by atoms with van der Waals surface area (Å²) in [6.45, 7) is 2.58. The molecule has 1 aromatic heterocycles. The van der Waals surface area contributed by atoms with Crippen LogP contribution < -0.4 is 11.1 Å². The van der Waals surface area contributed by atoms with E-state index < -0.39 is 0 Å². The average molecular weight is 287 g/mol. The third kappa shape index (κ3) is 4.28. The number of nitrogens with one attached hydrogen (secondary N) is 1. The van der Waals surface area contributed by atoms with E-state index in [1.165, 1.54) is 17.3 Å². The van der Waals surface area contributed by atoms with Crippen molar-refractivity contribution in [3.63, 3.8) is 0 Å². The van der Waals surface area contributed by atoms with Crippen LogP contribution in [0.4, 0.5) is 5.69 Å². The number of hydrogen-bond donors (Lipinski definition) is 2. The minimum atomic E-state index is -0.0272. The molecule has 0 aliphatic rings. The molecule has 0 aliphatic carbocycles. The van der Waals surface area contributed by atoms with Gasteiger partial charge in [0.05, 0.1) is 11.4 Å². The molecule has 0 saturated carbocycles. The van der Waals surface area contributed by atoms with Gasteiger partial charge in [-0.25, -0.2) is 4.98 Å². The Morgan fingerprint density at radius 2 is 2.05 bits per heavy atom. The molecule has 1 amide bonds. The Kier molecular flexibility index (Phi) is 5.01. The summed E-state index contributed by atoms with van der Waals surface area (Å²) in [5.41, 5.74) is 8.67. The fourth-order valence-corrected chi connectivity index (χ4v) is 2.36. The van der Waals surface area contributed by atoms with Crippen molar-refractivity contribution in [1.29, 1.82) is 0 Å². The third-order valence-electron chi connectivity index (χ3n) is 2.75. The van der Waals surface area contributed by atoms with Crippen LogP contribution in [0.25, 0.3) is 0 Å². The Bertz CT molecular complexity index is 584. The van der Waals surface area contributed by atoms with Gasteiger partial charge in [0, 0.05) is 12.7 Å². The molecule has 1 aromatic carbocycles. The highest BCUT2D eigenvalue weighted by Crippen LogP contribution is 2.20. The van der Waals surface area contributed by atoms with Crippen molar-refractivity contribution >= 4 is 23.4 Å². The number of nitrogens with zero attached hydrogens (tertiary/aromatic N) is 1. The van der Waals surface area contributed by atoms with Gasteiger partial charge in [0.2, 0.25) is 5.91 Å². The number of carbonyl (C=O) groups is 1. The predicted octanol–water partition coefficient (Wildman–Crippen LogP) is 2.38. The van der Waals surface area contributed by atoms with E-state index in [1.54, 1.807) is 18.3 Å². The maximum absolute atomic E-state index is 11.8. The number of nitrogens with two attached hydrogens (primary N) is 1. The first kappa shape index (κ1) is 14.4. The van der Waals surface area contributed by atoms with Gasteiger partial charge in [-0.3, -0.25) is 4.79 Å². The summed E-state index contributed by atoms with van der Waals surface area (Å²) in [5.74, 6) is 0.285. The zero-order valence-corrected chi connectivity index (χ0v) is 12.1. The fraction of sp³-hybridized carbons (Fsp3) is 0.200. The van der Waals surface area contributed by atoms with Crippen LogP contribution in [-0.2, 0) is 11.3 Å². The average Bonchev–Trinajstić information content (AvgIpc) is 2.46. The summed E-state index contributed by atoms with van der Waals surface area (Å²) >= 11 is 1.34. The van der Waals surface area contributed by atoms with Crippen molar-refractivity contribution < 1.29 is 4.79 Å². The smallest absolute Gasteiger partial charge is 0.230 e. The monoisotopic (exact) mass is 287 g/mol. The predicted molar refractivity (Wildman–Crippen MR) is 82.4 cm³/mol. The number of pyridine rings is 1. The lowest BCUT2D eigenvalue weighted by Crippen LogP contribution is -2.24. The van der Waals surface area contributed by atoms with Gasteiger partial charge in [-0.05, 0) is 24.6 Å². The molecule has 0 aliphatic heterocycles. The van der Waals surface area contributed by atoms with Crippen LogP contribution in [-0.4, -0.2) is 16.6 Å². The molecule has 0 unspecified atom stereocenters. The van der Waals surface area contributed by atoms with E-state index in [4.69, 9.17) is 5.73 Å². The van der Waals surface area contributed by atoms with E-state index >= 15 is 0 Å². The number of nitrogen functional groups attached to an aromatic ring is 1. The number of carbonyl (C=O) groups excluding carboxylic acids is 1. The summed E-state index contributed by atoms with van der Waals surface area (Å²) in [6, 6.07) is 11.6. The van der Waals surface area contributed by atoms with Gasteiger partial charge in [0.25, 0.3) is 0 Å². The number of thioether (sulfide) groups is 1. The van der Waals surface area contributed by atoms with Crippen LogP contribution >= 0.6 is 11.8 Å². The van der Waals surface area contributed by atoms with E-state index in [2.05, 4.69) is 10.3 Å². The third-order valence-corrected chi connectivity index (χ3v) is 3.77. The highest BCUT2D eigenvalue weighted by Gasteiger charge is 2.05. The maximum atomic E-state index is 11.8. The Hall–Kier alpha value is -2.01. The van der Waals surface area contributed by atoms with E-state index in [9.17, 15) is 4.79 Å². The van der Waals surface area contributed by atoms with Crippen molar-refractivity contribution in [3.8, 4) is 0 Å². The van der Waals surface area contributed by atoms with Crippen molar-refractivity contribution in [2.75, 3.05) is 11.5 Å². The molecule has 0 saturated heterocycles. The lowest BCUT2D eigenvalue weighted by molar-refractivity contribution is -0.118. The summed E-state index contributed by atoms with van der Waals surface area (Å²) in [4.78, 5) is 15.9. The first-order valence-corrected chi connectivity index (χ1v) is 7.29. The second-order valence-corrected chi connectivity index (χ2v) is 5.41. The van der Waals surface area contributed by atoms with Crippen LogP contribution in [0.15, 0.2) is 47.6 Å². The summed E-state index contributed by atoms with van der Waals surface area (Å²) < 4.78 is 0. The van der Waals surface area contributed by atoms with E-state index in [0.717, 1.165) is 5.56 Å². The molecule has 2 aromatic rings. The summed E-state index contributed by atoms with van der Waals surface area (Å²) in [7, 11) is 0. The Balaban J connectivity index is 1.78. The molecule has 0 atom stereocenters. The number of amides is 1. The van der Waals surface area contributed by atoms with Gasteiger partial charge in [-0.1, -0.05) is 41.6 Å². The normalized spacial score (nSPS) is 10.2. The van der Waals surface area contributed by atoms with Gasteiger partial charge in [-0.2, -0.15) is 0 Å². The van der Waals surface area contributed by atoms with Gasteiger partial charge in [0.1, 0.15) is 5.03 Å². The van der Waals surface area contributed by atoms with Gasteiger partial charge in [0.15, 0.2) is 0 Å². The van der Waals surface area contributed by atoms with Gasteiger partial charge < -0.3 is 11.1 Å². The number of aryl methyl sites for hydroxylation is 1. The van der Waals surface area contributed by atoms with Crippen molar-refractivity contribution in [2.45, 2.75) is 18.5 Å². The number of benzene rings is 1. The van der Waals surface area contributed by atoms with Crippen LogP contribution in [0, 0.1) is 6.92 Å². The minimum Gasteiger partial charge on any atom is -0.397 e. The lowest BCUT2D eigenvalue weighted by Gasteiger charge is -2.06. The molecule has 104 valence electrons. The Morgan fingerprint density at radius 1 is 1.30 bits per heavy atom. The van der Waals surface area contributed by atoms with Crippen LogP contribution in [0.2, 0.25) is 0 Å². The molecule has 4 nitrogen and oxygen atoms in total. The molecule has 2 rings (SSSR count). The van der Waals surface area contributed by atoms with Crippen molar-refractivity contribution in [3.05, 3.63) is 53.7 Å². The standard InChI is InChI=1S/C15H17N3OS/c1-11-4-6-12(7-5-11)9-18-14(19)10-20-15-13(16)3-2-8-17-15/h2-8H,9-10,16H2,1H3,(H,18,19). The van der Waals surface area contributed by atoms with Crippen LogP contribution in [0.3, 0.4) is 0 Å². The second-order valence-electron chi connectivity index (χ2n) is 4.45. The summed E-state index contributed by atoms with van der Waals surface area (Å²) in [5, 5.41) is 3.57. The zero-order valence-electron chi connectivity index (χ0n) is 11.3. The van der Waals surface area contributed by atoms with Crippen molar-refractivity contribution in [1.82, 2.24) is 10.3 Å². The molecule has 0 bridgehead atoms. The Labute approximate surface area is 122 Å². The van der Waals surface area contributed by atoms with Crippen molar-refractivity contribution in [2.24, 2.45) is 0 Å². The lowest BCUT2D eigenvalue weighted by atomic mass is 10.1. The molecule has 0 spiro atoms. The molecule has 3 N–H and O–H groups in total. The van der Waals surface area contributed by atoms with Gasteiger partial charge >= 0.3 is 0 Å². The topological polar surface area (TPSA) is 68.0 Å². The minimum absolute atomic E-state index is 0.0272. The van der Waals surface area contributed by atoms with E-state index in [0.29, 0.717) is 23.0 Å². The van der Waals surface area contributed by atoms with E-state index in [-0.39, 0.29) is 5.91 Å². The number of aromatic nitrogens is 1. The molecule has 5 heteroatoms. The number of anilines is 1. The van der Waals surface area contributed by atoms with Crippen LogP contribution in [0.5, 0.6) is 0 Å². The molecular weight excluding hydrogens is 270 g/mol. The molecule has 1 heterocycles. The maximum Gasteiger partial charge on any atom is 0.230 e. The number of rotatable bonds is 5. The second kappa shape index (κ2) is 6.96. The fourth-order valence-electron chi connectivity index (χ4n) is 1.62.